The van der Waals surface area contributed by atoms with E-state index in [4.69, 9.17) is 51.8 Å². The molecule has 0 radical (unpaired) electrons. The van der Waals surface area contributed by atoms with Gasteiger partial charge in [-0.2, -0.15) is 0 Å². The molecule has 3 aliphatic rings. The third kappa shape index (κ3) is 16.3. The predicted molar refractivity (Wildman–Crippen MR) is 301 cm³/mol. The Morgan fingerprint density at radius 2 is 0.937 bits per heavy atom. The second-order valence-corrected chi connectivity index (χ2v) is 26.9. The van der Waals surface area contributed by atoms with Crippen LogP contribution in [0, 0.1) is 5.92 Å². The van der Waals surface area contributed by atoms with Gasteiger partial charge in [0.1, 0.15) is 67.1 Å². The number of nitrogens with one attached hydrogen (secondary N) is 1. The molecule has 79 heavy (non-hydrogen) atoms. The molecule has 428 valence electrons. The first-order chi connectivity index (χ1) is 38.1. The number of carbonyl (C=O) groups excluding carboxylic acids is 1. The number of hydrogen-bond donors (Lipinski definition) is 3. The number of benzene rings is 5. The maximum absolute atomic E-state index is 13.1. The molecule has 3 aliphatic heterocycles. The van der Waals surface area contributed by atoms with E-state index in [0.717, 1.165) is 27.8 Å². The van der Waals surface area contributed by atoms with Gasteiger partial charge in [-0.1, -0.05) is 179 Å². The molecule has 3 fully saturated rings. The van der Waals surface area contributed by atoms with Crippen molar-refractivity contribution >= 4 is 14.2 Å². The van der Waals surface area contributed by atoms with Crippen LogP contribution in [-0.4, -0.2) is 130 Å². The van der Waals surface area contributed by atoms with E-state index in [2.05, 4.69) is 46.1 Å². The number of aliphatic hydroxyl groups excluding tert-OH is 2. The van der Waals surface area contributed by atoms with Crippen LogP contribution in [0.3, 0.4) is 0 Å². The normalized spacial score (nSPS) is 28.4. The fourth-order valence-corrected chi connectivity index (χ4v) is 12.7. The van der Waals surface area contributed by atoms with Crippen LogP contribution in [0.2, 0.25) is 18.1 Å². The monoisotopic (exact) mass is 1110 g/mol. The molecule has 8 rings (SSSR count). The molecule has 1 amide bonds. The van der Waals surface area contributed by atoms with Crippen molar-refractivity contribution in [1.29, 1.82) is 0 Å². The quantitative estimate of drug-likeness (QED) is 0.0426. The van der Waals surface area contributed by atoms with Gasteiger partial charge in [0.2, 0.25) is 5.91 Å². The summed E-state index contributed by atoms with van der Waals surface area (Å²) in [6, 6.07) is 48.3. The second kappa shape index (κ2) is 28.8. The molecular weight excluding hydrogens is 1020 g/mol. The van der Waals surface area contributed by atoms with Crippen LogP contribution in [0.1, 0.15) is 69.4 Å². The minimum Gasteiger partial charge on any atom is -0.390 e. The minimum atomic E-state index is -2.58. The largest absolute Gasteiger partial charge is 0.390 e. The highest BCUT2D eigenvalue weighted by molar-refractivity contribution is 6.74. The van der Waals surface area contributed by atoms with Crippen LogP contribution >= 0.6 is 0 Å². The molecule has 3 N–H and O–H groups in total. The molecule has 0 unspecified atom stereocenters. The highest BCUT2D eigenvalue weighted by Gasteiger charge is 2.54. The highest BCUT2D eigenvalue weighted by atomic mass is 28.4. The molecule has 0 aromatic heterocycles. The molecule has 0 saturated carbocycles. The van der Waals surface area contributed by atoms with E-state index < -0.39 is 94.1 Å². The van der Waals surface area contributed by atoms with E-state index in [-0.39, 0.29) is 50.6 Å². The van der Waals surface area contributed by atoms with E-state index >= 15 is 0 Å². The number of amides is 1. The van der Waals surface area contributed by atoms with Gasteiger partial charge in [0.25, 0.3) is 0 Å². The second-order valence-electron chi connectivity index (χ2n) is 22.4. The Morgan fingerprint density at radius 3 is 1.39 bits per heavy atom. The Hall–Kier alpha value is -4.73. The third-order valence-electron chi connectivity index (χ3n) is 16.0. The Balaban J connectivity index is 1.03. The average Bonchev–Trinajstić information content (AvgIpc) is 3.80. The van der Waals surface area contributed by atoms with E-state index in [9.17, 15) is 15.0 Å². The summed E-state index contributed by atoms with van der Waals surface area (Å²) in [6.45, 7) is 17.6. The van der Waals surface area contributed by atoms with Crippen molar-refractivity contribution in [2.75, 3.05) is 19.8 Å². The lowest BCUT2D eigenvalue weighted by Crippen LogP contribution is -2.66. The fourth-order valence-electron chi connectivity index (χ4n) is 10.2. The Kier molecular flexibility index (Phi) is 22.0. The van der Waals surface area contributed by atoms with Crippen molar-refractivity contribution in [2.24, 2.45) is 5.92 Å². The van der Waals surface area contributed by atoms with Crippen molar-refractivity contribution in [2.45, 2.75) is 178 Å². The average molecular weight is 1110 g/mol. The van der Waals surface area contributed by atoms with Gasteiger partial charge in [-0.15, -0.1) is 0 Å². The maximum atomic E-state index is 13.1. The zero-order valence-corrected chi connectivity index (χ0v) is 48.0. The summed E-state index contributed by atoms with van der Waals surface area (Å²) < 4.78 is 74.1. The minimum absolute atomic E-state index is 0.0874. The van der Waals surface area contributed by atoms with E-state index in [1.165, 1.54) is 6.92 Å². The summed E-state index contributed by atoms with van der Waals surface area (Å²) in [7, 11) is -2.58. The first-order valence-corrected chi connectivity index (χ1v) is 30.7. The van der Waals surface area contributed by atoms with Crippen LogP contribution in [-0.2, 0) is 89.6 Å². The van der Waals surface area contributed by atoms with Gasteiger partial charge >= 0.3 is 0 Å². The SMILES string of the molecule is CC(=O)N[C@@H]1[C@H](OC[C@H]2O[C@H](CO[C@H]3[C@@H](O[Si](C)(C)C(C)(C)C(C)C)O[C@@H](C)[C@H](OCc4ccccc4)[C@H]3OCc3ccccc3)[C@H](O)[C@@H]2O)O[C@H](COCc2ccccc2)[C@@H](OCc2ccccc2)[C@@H]1OCc1ccccc1. The molecule has 0 spiro atoms. The number of rotatable bonds is 27. The summed E-state index contributed by atoms with van der Waals surface area (Å²) in [5.41, 5.74) is 4.79. The first kappa shape index (κ1) is 60.4. The molecular formula is C63H83NO14Si. The Labute approximate surface area is 468 Å². The molecule has 5 aromatic carbocycles. The summed E-state index contributed by atoms with van der Waals surface area (Å²) in [5, 5.41) is 26.4. The topological polar surface area (TPSA) is 171 Å². The summed E-state index contributed by atoms with van der Waals surface area (Å²) in [6.07, 6.45) is -11.8. The van der Waals surface area contributed by atoms with E-state index in [1.54, 1.807) is 0 Å². The smallest absolute Gasteiger partial charge is 0.217 e. The maximum Gasteiger partial charge on any atom is 0.217 e. The standard InChI is InChI=1S/C63H83NO14Si/c1-42(2)63(5,6)79(7,8)78-62-60(59(72-38-49-32-22-13-23-33-49)56(43(3)75-62)69-35-46-26-16-10-17-27-46)73-40-50-54(66)55(67)51(76-50)41-74-61-53(64-44(4)65)58(71-37-48-30-20-12-21-31-48)57(70-36-47-28-18-11-19-29-47)52(77-61)39-68-34-45-24-14-9-15-25-45/h9-33,42-43,50-62,66-67H,34-41H2,1-8H3,(H,64,65)/t43-,50+,51+,52+,53-,54-,55+,56-,57+,58+,59+,60+,61+,62+/m0/s1. The summed E-state index contributed by atoms with van der Waals surface area (Å²) in [5.74, 6) is -0.0420. The van der Waals surface area contributed by atoms with Crippen molar-refractivity contribution in [3.05, 3.63) is 179 Å². The van der Waals surface area contributed by atoms with Gasteiger partial charge < -0.3 is 67.3 Å². The number of ether oxygens (including phenoxy) is 10. The number of hydrogen-bond acceptors (Lipinski definition) is 14. The molecule has 5 aromatic rings. The molecule has 14 atom stereocenters. The molecule has 0 aliphatic carbocycles. The molecule has 15 nitrogen and oxygen atoms in total. The predicted octanol–water partition coefficient (Wildman–Crippen LogP) is 9.07. The zero-order chi connectivity index (χ0) is 55.9. The van der Waals surface area contributed by atoms with Gasteiger partial charge in [0.05, 0.1) is 59.0 Å². The van der Waals surface area contributed by atoms with Crippen LogP contribution in [0.4, 0.5) is 0 Å². The zero-order valence-electron chi connectivity index (χ0n) is 47.0. The van der Waals surface area contributed by atoms with E-state index in [1.807, 2.05) is 159 Å². The molecule has 3 saturated heterocycles. The van der Waals surface area contributed by atoms with Gasteiger partial charge in [0.15, 0.2) is 20.9 Å². The van der Waals surface area contributed by atoms with Crippen LogP contribution in [0.5, 0.6) is 0 Å². The van der Waals surface area contributed by atoms with Crippen LogP contribution < -0.4 is 5.32 Å². The lowest BCUT2D eigenvalue weighted by molar-refractivity contribution is -0.305. The van der Waals surface area contributed by atoms with Crippen molar-refractivity contribution < 1.29 is 66.8 Å². The summed E-state index contributed by atoms with van der Waals surface area (Å²) >= 11 is 0. The number of carbonyl (C=O) groups is 1. The fraction of sp³-hybridized carbons (Fsp3) is 0.508. The Bertz CT molecular complexity index is 2550. The molecule has 3 heterocycles. The van der Waals surface area contributed by atoms with E-state index in [0.29, 0.717) is 19.1 Å². The molecule has 0 bridgehead atoms. The van der Waals surface area contributed by atoms with Gasteiger partial charge in [0, 0.05) is 6.92 Å². The lowest BCUT2D eigenvalue weighted by atomic mass is 9.95. The Morgan fingerprint density at radius 1 is 0.519 bits per heavy atom. The lowest BCUT2D eigenvalue weighted by Gasteiger charge is -2.50. The van der Waals surface area contributed by atoms with Crippen LogP contribution in [0.25, 0.3) is 0 Å². The molecule has 16 heteroatoms. The number of aliphatic hydroxyl groups is 2. The summed E-state index contributed by atoms with van der Waals surface area (Å²) in [4.78, 5) is 13.1. The van der Waals surface area contributed by atoms with Crippen LogP contribution in [0.15, 0.2) is 152 Å². The third-order valence-corrected chi connectivity index (χ3v) is 20.5. The van der Waals surface area contributed by atoms with Gasteiger partial charge in [-0.3, -0.25) is 4.79 Å². The first-order valence-electron chi connectivity index (χ1n) is 27.8. The van der Waals surface area contributed by atoms with Gasteiger partial charge in [-0.25, -0.2) is 0 Å². The highest BCUT2D eigenvalue weighted by Crippen LogP contribution is 2.46. The van der Waals surface area contributed by atoms with Crippen molar-refractivity contribution in [3.63, 3.8) is 0 Å². The van der Waals surface area contributed by atoms with Gasteiger partial charge in [-0.05, 0) is 58.8 Å². The van der Waals surface area contributed by atoms with Crippen molar-refractivity contribution in [1.82, 2.24) is 5.32 Å². The van der Waals surface area contributed by atoms with Crippen molar-refractivity contribution in [3.8, 4) is 0 Å².